The van der Waals surface area contributed by atoms with Gasteiger partial charge in [0, 0.05) is 47.8 Å². The van der Waals surface area contributed by atoms with Crippen molar-refractivity contribution in [3.63, 3.8) is 0 Å². The Morgan fingerprint density at radius 2 is 2.21 bits per heavy atom. The first-order valence-corrected chi connectivity index (χ1v) is 8.48. The first-order valence-electron chi connectivity index (χ1n) is 7.60. The van der Waals surface area contributed by atoms with E-state index in [-0.39, 0.29) is 5.91 Å². The Balaban J connectivity index is 1.38. The van der Waals surface area contributed by atoms with Gasteiger partial charge in [0.25, 0.3) is 5.91 Å². The maximum atomic E-state index is 12.3. The second kappa shape index (κ2) is 6.29. The molecule has 4 rings (SSSR count). The van der Waals surface area contributed by atoms with E-state index in [0.717, 1.165) is 21.7 Å². The van der Waals surface area contributed by atoms with Gasteiger partial charge in [-0.05, 0) is 12.1 Å². The lowest BCUT2D eigenvalue weighted by Crippen LogP contribution is -2.25. The highest BCUT2D eigenvalue weighted by molar-refractivity contribution is 7.12. The molecule has 0 unspecified atom stereocenters. The SMILES string of the molecule is O=C(NCCc1csc(-n2cccn2)n1)c1c[nH]c2ccccc12. The average molecular weight is 337 g/mol. The highest BCUT2D eigenvalue weighted by Crippen LogP contribution is 2.17. The number of carbonyl (C=O) groups excluding carboxylic acids is 1. The van der Waals surface area contributed by atoms with Gasteiger partial charge < -0.3 is 10.3 Å². The molecule has 0 fully saturated rings. The maximum Gasteiger partial charge on any atom is 0.253 e. The van der Waals surface area contributed by atoms with Crippen molar-refractivity contribution in [3.8, 4) is 5.13 Å². The molecule has 0 aliphatic heterocycles. The smallest absolute Gasteiger partial charge is 0.253 e. The first-order chi connectivity index (χ1) is 11.8. The number of rotatable bonds is 5. The third-order valence-electron chi connectivity index (χ3n) is 3.74. The standard InChI is InChI=1S/C17H15N5OS/c23-16(14-10-19-15-5-2-1-4-13(14)15)18-8-6-12-11-24-17(21-12)22-9-3-7-20-22/h1-5,7,9-11,19H,6,8H2,(H,18,23). The number of amides is 1. The van der Waals surface area contributed by atoms with Crippen molar-refractivity contribution in [1.82, 2.24) is 25.1 Å². The van der Waals surface area contributed by atoms with Gasteiger partial charge in [0.2, 0.25) is 5.13 Å². The summed E-state index contributed by atoms with van der Waals surface area (Å²) in [6.45, 7) is 0.542. The van der Waals surface area contributed by atoms with Gasteiger partial charge in [-0.1, -0.05) is 18.2 Å². The minimum Gasteiger partial charge on any atom is -0.360 e. The molecular formula is C17H15N5OS. The summed E-state index contributed by atoms with van der Waals surface area (Å²) >= 11 is 1.54. The molecule has 1 amide bonds. The van der Waals surface area contributed by atoms with Gasteiger partial charge in [0.1, 0.15) is 0 Å². The predicted octanol–water partition coefficient (Wildman–Crippen LogP) is 2.78. The fraction of sp³-hybridized carbons (Fsp3) is 0.118. The second-order valence-electron chi connectivity index (χ2n) is 5.33. The van der Waals surface area contributed by atoms with Gasteiger partial charge >= 0.3 is 0 Å². The van der Waals surface area contributed by atoms with E-state index in [2.05, 4.69) is 20.4 Å². The normalized spacial score (nSPS) is 11.0. The fourth-order valence-corrected chi connectivity index (χ4v) is 3.35. The summed E-state index contributed by atoms with van der Waals surface area (Å²) in [4.78, 5) is 20.0. The van der Waals surface area contributed by atoms with E-state index >= 15 is 0 Å². The van der Waals surface area contributed by atoms with Crippen LogP contribution < -0.4 is 5.32 Å². The van der Waals surface area contributed by atoms with Crippen molar-refractivity contribution in [3.05, 3.63) is 65.6 Å². The third-order valence-corrected chi connectivity index (χ3v) is 4.62. The minimum absolute atomic E-state index is 0.0741. The molecule has 120 valence electrons. The summed E-state index contributed by atoms with van der Waals surface area (Å²) in [5, 5.41) is 10.9. The molecule has 0 aliphatic carbocycles. The Bertz CT molecular complexity index is 970. The summed E-state index contributed by atoms with van der Waals surface area (Å²) < 4.78 is 1.73. The largest absolute Gasteiger partial charge is 0.360 e. The number of para-hydroxylation sites is 1. The second-order valence-corrected chi connectivity index (χ2v) is 6.16. The van der Waals surface area contributed by atoms with Crippen LogP contribution in [0.4, 0.5) is 0 Å². The molecular weight excluding hydrogens is 322 g/mol. The van der Waals surface area contributed by atoms with Gasteiger partial charge in [0.15, 0.2) is 0 Å². The van der Waals surface area contributed by atoms with Crippen molar-refractivity contribution in [1.29, 1.82) is 0 Å². The molecule has 0 bridgehead atoms. The van der Waals surface area contributed by atoms with Gasteiger partial charge in [-0.25, -0.2) is 9.67 Å². The number of thiazole rings is 1. The predicted molar refractivity (Wildman–Crippen MR) is 93.6 cm³/mol. The first kappa shape index (κ1) is 14.6. The monoisotopic (exact) mass is 337 g/mol. The summed E-state index contributed by atoms with van der Waals surface area (Å²) in [5.74, 6) is -0.0741. The van der Waals surface area contributed by atoms with Crippen LogP contribution in [-0.4, -0.2) is 32.2 Å². The van der Waals surface area contributed by atoms with Gasteiger partial charge in [0.05, 0.1) is 11.3 Å². The number of nitrogens with zero attached hydrogens (tertiary/aromatic N) is 3. The number of aromatic nitrogens is 4. The zero-order valence-electron chi connectivity index (χ0n) is 12.8. The maximum absolute atomic E-state index is 12.3. The van der Waals surface area contributed by atoms with Gasteiger partial charge in [-0.15, -0.1) is 11.3 Å². The highest BCUT2D eigenvalue weighted by Gasteiger charge is 2.11. The molecule has 3 aromatic heterocycles. The average Bonchev–Trinajstić information content (AvgIpc) is 3.34. The fourth-order valence-electron chi connectivity index (χ4n) is 2.56. The lowest BCUT2D eigenvalue weighted by Gasteiger charge is -2.03. The van der Waals surface area contributed by atoms with Crippen LogP contribution in [0.1, 0.15) is 16.1 Å². The number of hydrogen-bond donors (Lipinski definition) is 2. The number of fused-ring (bicyclic) bond motifs is 1. The van der Waals surface area contributed by atoms with Crippen LogP contribution in [-0.2, 0) is 6.42 Å². The lowest BCUT2D eigenvalue weighted by molar-refractivity contribution is 0.0956. The molecule has 24 heavy (non-hydrogen) atoms. The molecule has 0 atom stereocenters. The van der Waals surface area contributed by atoms with Crippen molar-refractivity contribution in [2.24, 2.45) is 0 Å². The quantitative estimate of drug-likeness (QED) is 0.588. The van der Waals surface area contributed by atoms with Crippen molar-refractivity contribution < 1.29 is 4.79 Å². The summed E-state index contributed by atoms with van der Waals surface area (Å²) in [5.41, 5.74) is 2.58. The number of benzene rings is 1. The highest BCUT2D eigenvalue weighted by atomic mass is 32.1. The molecule has 0 spiro atoms. The zero-order valence-corrected chi connectivity index (χ0v) is 13.6. The lowest BCUT2D eigenvalue weighted by atomic mass is 10.1. The molecule has 3 heterocycles. The molecule has 6 nitrogen and oxygen atoms in total. The Morgan fingerprint density at radius 3 is 3.08 bits per heavy atom. The molecule has 0 saturated carbocycles. The summed E-state index contributed by atoms with van der Waals surface area (Å²) in [6.07, 6.45) is 6.02. The molecule has 4 aromatic rings. The van der Waals surface area contributed by atoms with Crippen LogP contribution in [0, 0.1) is 0 Å². The van der Waals surface area contributed by atoms with E-state index in [1.807, 2.05) is 41.9 Å². The summed E-state index contributed by atoms with van der Waals surface area (Å²) in [6, 6.07) is 9.64. The number of H-pyrrole nitrogens is 1. The van der Waals surface area contributed by atoms with Crippen LogP contribution in [0.15, 0.2) is 54.3 Å². The Labute approximate surface area is 142 Å². The van der Waals surface area contributed by atoms with E-state index < -0.39 is 0 Å². The van der Waals surface area contributed by atoms with Crippen LogP contribution >= 0.6 is 11.3 Å². The van der Waals surface area contributed by atoms with Crippen LogP contribution in [0.2, 0.25) is 0 Å². The van der Waals surface area contributed by atoms with Crippen LogP contribution in [0.25, 0.3) is 16.0 Å². The van der Waals surface area contributed by atoms with E-state index in [1.165, 1.54) is 11.3 Å². The van der Waals surface area contributed by atoms with Crippen LogP contribution in [0.3, 0.4) is 0 Å². The van der Waals surface area contributed by atoms with Crippen molar-refractivity contribution >= 4 is 28.1 Å². The zero-order chi connectivity index (χ0) is 16.4. The number of aromatic amines is 1. The third kappa shape index (κ3) is 2.81. The topological polar surface area (TPSA) is 75.6 Å². The van der Waals surface area contributed by atoms with Crippen molar-refractivity contribution in [2.45, 2.75) is 6.42 Å². The molecule has 7 heteroatoms. The van der Waals surface area contributed by atoms with Gasteiger partial charge in [-0.3, -0.25) is 4.79 Å². The van der Waals surface area contributed by atoms with E-state index in [0.29, 0.717) is 18.5 Å². The Hall–Kier alpha value is -2.93. The Morgan fingerprint density at radius 1 is 1.29 bits per heavy atom. The molecule has 1 aromatic carbocycles. The van der Waals surface area contributed by atoms with E-state index in [9.17, 15) is 4.79 Å². The number of carbonyl (C=O) groups is 1. The molecule has 2 N–H and O–H groups in total. The Kier molecular flexibility index (Phi) is 3.84. The molecule has 0 radical (unpaired) electrons. The van der Waals surface area contributed by atoms with E-state index in [1.54, 1.807) is 17.1 Å². The molecule has 0 saturated heterocycles. The summed E-state index contributed by atoms with van der Waals surface area (Å²) in [7, 11) is 0. The number of nitrogens with one attached hydrogen (secondary N) is 2. The van der Waals surface area contributed by atoms with Crippen molar-refractivity contribution in [2.75, 3.05) is 6.54 Å². The minimum atomic E-state index is -0.0741. The van der Waals surface area contributed by atoms with E-state index in [4.69, 9.17) is 0 Å². The van der Waals surface area contributed by atoms with Crippen LogP contribution in [0.5, 0.6) is 0 Å². The number of hydrogen-bond acceptors (Lipinski definition) is 4. The van der Waals surface area contributed by atoms with Gasteiger partial charge in [-0.2, -0.15) is 5.10 Å². The molecule has 0 aliphatic rings.